The van der Waals surface area contributed by atoms with Crippen molar-refractivity contribution in [1.29, 1.82) is 0 Å². The van der Waals surface area contributed by atoms with Gasteiger partial charge >= 0.3 is 0 Å². The third-order valence-electron chi connectivity index (χ3n) is 3.28. The third kappa shape index (κ3) is 3.34. The number of nitrogens with zero attached hydrogens (tertiary/aromatic N) is 1. The Morgan fingerprint density at radius 1 is 1.58 bits per heavy atom. The van der Waals surface area contributed by atoms with Gasteiger partial charge in [0.05, 0.1) is 4.90 Å². The van der Waals surface area contributed by atoms with Crippen molar-refractivity contribution in [3.63, 3.8) is 0 Å². The van der Waals surface area contributed by atoms with E-state index in [1.807, 2.05) is 18.8 Å². The number of aromatic amines is 1. The van der Waals surface area contributed by atoms with Gasteiger partial charge in [-0.1, -0.05) is 6.92 Å². The number of thioether (sulfide) groups is 1. The molecule has 19 heavy (non-hydrogen) atoms. The first-order valence-corrected chi connectivity index (χ1v) is 9.00. The van der Waals surface area contributed by atoms with E-state index >= 15 is 0 Å². The molecule has 0 radical (unpaired) electrons. The SMILES string of the molecule is CCC1CN(S(=O)(=O)c2c[nH]c(CNC)c2)CCS1. The van der Waals surface area contributed by atoms with Crippen LogP contribution in [-0.2, 0) is 16.6 Å². The van der Waals surface area contributed by atoms with Crippen LogP contribution in [0.2, 0.25) is 0 Å². The average molecular weight is 303 g/mol. The zero-order chi connectivity index (χ0) is 13.9. The quantitative estimate of drug-likeness (QED) is 0.859. The van der Waals surface area contributed by atoms with E-state index in [0.717, 1.165) is 17.9 Å². The maximum absolute atomic E-state index is 12.5. The van der Waals surface area contributed by atoms with Crippen LogP contribution in [-0.4, -0.2) is 48.8 Å². The minimum absolute atomic E-state index is 0.375. The average Bonchev–Trinajstić information content (AvgIpc) is 2.88. The van der Waals surface area contributed by atoms with Crippen molar-refractivity contribution in [2.75, 3.05) is 25.9 Å². The molecule has 0 saturated carbocycles. The van der Waals surface area contributed by atoms with Gasteiger partial charge in [0.15, 0.2) is 0 Å². The predicted molar refractivity (Wildman–Crippen MR) is 78.9 cm³/mol. The monoisotopic (exact) mass is 303 g/mol. The Kier molecular flexibility index (Phi) is 4.94. The molecule has 2 heterocycles. The lowest BCUT2D eigenvalue weighted by Gasteiger charge is -2.30. The lowest BCUT2D eigenvalue weighted by molar-refractivity contribution is 0.416. The molecule has 1 aliphatic heterocycles. The smallest absolute Gasteiger partial charge is 0.244 e. The Bertz CT molecular complexity index is 513. The first-order chi connectivity index (χ1) is 9.07. The van der Waals surface area contributed by atoms with Gasteiger partial charge < -0.3 is 10.3 Å². The highest BCUT2D eigenvalue weighted by Crippen LogP contribution is 2.26. The number of H-pyrrole nitrogens is 1. The molecule has 0 bridgehead atoms. The van der Waals surface area contributed by atoms with E-state index in [9.17, 15) is 8.42 Å². The summed E-state index contributed by atoms with van der Waals surface area (Å²) >= 11 is 1.87. The van der Waals surface area contributed by atoms with Crippen molar-refractivity contribution in [3.8, 4) is 0 Å². The molecule has 7 heteroatoms. The van der Waals surface area contributed by atoms with Gasteiger partial charge in [0, 0.05) is 42.5 Å². The first kappa shape index (κ1) is 14.9. The number of sulfonamides is 1. The summed E-state index contributed by atoms with van der Waals surface area (Å²) < 4.78 is 26.7. The number of aromatic nitrogens is 1. The molecule has 0 spiro atoms. The number of nitrogens with one attached hydrogen (secondary N) is 2. The van der Waals surface area contributed by atoms with Crippen LogP contribution < -0.4 is 5.32 Å². The summed E-state index contributed by atoms with van der Waals surface area (Å²) in [5.41, 5.74) is 0.888. The molecule has 108 valence electrons. The molecule has 5 nitrogen and oxygen atoms in total. The Morgan fingerprint density at radius 3 is 3.05 bits per heavy atom. The Morgan fingerprint density at radius 2 is 2.37 bits per heavy atom. The fourth-order valence-electron chi connectivity index (χ4n) is 2.17. The fraction of sp³-hybridized carbons (Fsp3) is 0.667. The highest BCUT2D eigenvalue weighted by Gasteiger charge is 2.30. The van der Waals surface area contributed by atoms with Crippen LogP contribution in [0.5, 0.6) is 0 Å². The Balaban J connectivity index is 2.16. The highest BCUT2D eigenvalue weighted by molar-refractivity contribution is 8.00. The van der Waals surface area contributed by atoms with Crippen LogP contribution in [0.3, 0.4) is 0 Å². The van der Waals surface area contributed by atoms with Crippen LogP contribution in [0.15, 0.2) is 17.2 Å². The number of hydrogen-bond acceptors (Lipinski definition) is 4. The largest absolute Gasteiger partial charge is 0.363 e. The summed E-state index contributed by atoms with van der Waals surface area (Å²) in [5, 5.41) is 3.42. The van der Waals surface area contributed by atoms with Crippen molar-refractivity contribution < 1.29 is 8.42 Å². The van der Waals surface area contributed by atoms with Crippen molar-refractivity contribution >= 4 is 21.8 Å². The van der Waals surface area contributed by atoms with Crippen molar-refractivity contribution in [3.05, 3.63) is 18.0 Å². The standard InChI is InChI=1S/C12H21N3O2S2/c1-3-11-9-15(4-5-18-11)19(16,17)12-6-10(7-13-2)14-8-12/h6,8,11,13-14H,3-5,7,9H2,1-2H3. The van der Waals surface area contributed by atoms with E-state index in [2.05, 4.69) is 17.2 Å². The molecule has 0 aromatic carbocycles. The van der Waals surface area contributed by atoms with Gasteiger partial charge in [-0.05, 0) is 19.5 Å². The van der Waals surface area contributed by atoms with E-state index in [0.29, 0.717) is 29.8 Å². The van der Waals surface area contributed by atoms with Gasteiger partial charge in [0.1, 0.15) is 0 Å². The van der Waals surface area contributed by atoms with Crippen LogP contribution >= 0.6 is 11.8 Å². The lowest BCUT2D eigenvalue weighted by Crippen LogP contribution is -2.41. The maximum Gasteiger partial charge on any atom is 0.244 e. The van der Waals surface area contributed by atoms with Crippen LogP contribution in [0.25, 0.3) is 0 Å². The molecule has 2 rings (SSSR count). The summed E-state index contributed by atoms with van der Waals surface area (Å²) in [6, 6.07) is 1.72. The second kappa shape index (κ2) is 6.30. The summed E-state index contributed by atoms with van der Waals surface area (Å²) in [4.78, 5) is 3.38. The van der Waals surface area contributed by atoms with Gasteiger partial charge in [-0.15, -0.1) is 0 Å². The van der Waals surface area contributed by atoms with Gasteiger partial charge in [-0.3, -0.25) is 0 Å². The zero-order valence-corrected chi connectivity index (χ0v) is 13.0. The minimum atomic E-state index is -3.34. The van der Waals surface area contributed by atoms with Gasteiger partial charge in [-0.2, -0.15) is 16.1 Å². The summed E-state index contributed by atoms with van der Waals surface area (Å²) in [5.74, 6) is 0.880. The lowest BCUT2D eigenvalue weighted by atomic mass is 10.3. The van der Waals surface area contributed by atoms with E-state index in [1.165, 1.54) is 0 Å². The van der Waals surface area contributed by atoms with Crippen LogP contribution in [0.4, 0.5) is 0 Å². The summed E-state index contributed by atoms with van der Waals surface area (Å²) in [6.45, 7) is 3.98. The van der Waals surface area contributed by atoms with Crippen molar-refractivity contribution in [1.82, 2.24) is 14.6 Å². The zero-order valence-electron chi connectivity index (χ0n) is 11.3. The molecule has 0 amide bonds. The summed E-state index contributed by atoms with van der Waals surface area (Å²) in [6.07, 6.45) is 2.60. The maximum atomic E-state index is 12.5. The van der Waals surface area contributed by atoms with Gasteiger partial charge in [-0.25, -0.2) is 8.42 Å². The number of hydrogen-bond donors (Lipinski definition) is 2. The molecule has 1 aromatic rings. The van der Waals surface area contributed by atoms with E-state index < -0.39 is 10.0 Å². The van der Waals surface area contributed by atoms with E-state index in [1.54, 1.807) is 16.6 Å². The molecular weight excluding hydrogens is 282 g/mol. The minimum Gasteiger partial charge on any atom is -0.363 e. The second-order valence-corrected chi connectivity index (χ2v) is 8.00. The molecule has 1 unspecified atom stereocenters. The first-order valence-electron chi connectivity index (χ1n) is 6.51. The molecule has 1 atom stereocenters. The summed E-state index contributed by atoms with van der Waals surface area (Å²) in [7, 11) is -1.51. The molecule has 2 N–H and O–H groups in total. The van der Waals surface area contributed by atoms with Crippen molar-refractivity contribution in [2.24, 2.45) is 0 Å². The predicted octanol–water partition coefficient (Wildman–Crippen LogP) is 1.25. The topological polar surface area (TPSA) is 65.2 Å². The number of rotatable bonds is 5. The molecule has 1 saturated heterocycles. The van der Waals surface area contributed by atoms with Gasteiger partial charge in [0.2, 0.25) is 10.0 Å². The molecule has 0 aliphatic carbocycles. The van der Waals surface area contributed by atoms with E-state index in [4.69, 9.17) is 0 Å². The Hall–Kier alpha value is -0.500. The molecule has 1 fully saturated rings. The fourth-order valence-corrected chi connectivity index (χ4v) is 5.06. The second-order valence-electron chi connectivity index (χ2n) is 4.66. The molecule has 1 aliphatic rings. The van der Waals surface area contributed by atoms with E-state index in [-0.39, 0.29) is 0 Å². The molecule has 1 aromatic heterocycles. The van der Waals surface area contributed by atoms with Crippen LogP contribution in [0.1, 0.15) is 19.0 Å². The Labute approximate surface area is 119 Å². The third-order valence-corrected chi connectivity index (χ3v) is 6.49. The highest BCUT2D eigenvalue weighted by atomic mass is 32.2. The van der Waals surface area contributed by atoms with Gasteiger partial charge in [0.25, 0.3) is 0 Å². The normalized spacial score (nSPS) is 21.7. The molecular formula is C12H21N3O2S2. The van der Waals surface area contributed by atoms with Crippen LogP contribution in [0, 0.1) is 0 Å². The van der Waals surface area contributed by atoms with Crippen molar-refractivity contribution in [2.45, 2.75) is 30.0 Å².